The molecule has 0 aliphatic carbocycles. The lowest BCUT2D eigenvalue weighted by atomic mass is 10.2. The van der Waals surface area contributed by atoms with Crippen LogP contribution in [0.25, 0.3) is 0 Å². The summed E-state index contributed by atoms with van der Waals surface area (Å²) in [4.78, 5) is 11.2. The first-order chi connectivity index (χ1) is 14.2. The van der Waals surface area contributed by atoms with E-state index in [1.807, 2.05) is 43.5 Å². The number of hydrogen-bond donors (Lipinski definition) is 2. The molecule has 7 nitrogen and oxygen atoms in total. The van der Waals surface area contributed by atoms with E-state index in [9.17, 15) is 0 Å². The lowest BCUT2D eigenvalue weighted by Crippen LogP contribution is -2.41. The van der Waals surface area contributed by atoms with E-state index in [1.54, 1.807) is 14.2 Å². The molecule has 0 saturated carbocycles. The van der Waals surface area contributed by atoms with Crippen LogP contribution in [0.1, 0.15) is 25.3 Å². The molecule has 2 heterocycles. The van der Waals surface area contributed by atoms with E-state index in [-0.39, 0.29) is 6.10 Å². The van der Waals surface area contributed by atoms with Gasteiger partial charge >= 0.3 is 0 Å². The fourth-order valence-electron chi connectivity index (χ4n) is 3.31. The van der Waals surface area contributed by atoms with Crippen molar-refractivity contribution in [3.05, 3.63) is 48.2 Å². The topological polar surface area (TPSA) is 71.0 Å². The quantitative estimate of drug-likeness (QED) is 0.527. The zero-order valence-corrected chi connectivity index (χ0v) is 17.5. The lowest BCUT2D eigenvalue weighted by Gasteiger charge is -2.19. The van der Waals surface area contributed by atoms with Crippen molar-refractivity contribution in [3.63, 3.8) is 0 Å². The summed E-state index contributed by atoms with van der Waals surface area (Å²) in [5.74, 6) is 3.26. The Morgan fingerprint density at radius 1 is 1.17 bits per heavy atom. The maximum absolute atomic E-state index is 5.98. The third kappa shape index (κ3) is 6.01. The zero-order valence-electron chi connectivity index (χ0n) is 17.5. The highest BCUT2D eigenvalue weighted by molar-refractivity contribution is 5.79. The van der Waals surface area contributed by atoms with Crippen LogP contribution in [0.4, 0.5) is 5.82 Å². The Hall–Kier alpha value is -2.96. The first-order valence-electron chi connectivity index (χ1n) is 10.1. The highest BCUT2D eigenvalue weighted by Crippen LogP contribution is 2.26. The van der Waals surface area contributed by atoms with Crippen LogP contribution in [0.5, 0.6) is 11.5 Å². The summed E-state index contributed by atoms with van der Waals surface area (Å²) < 4.78 is 11.3. The second kappa shape index (κ2) is 10.5. The van der Waals surface area contributed by atoms with E-state index in [0.717, 1.165) is 36.4 Å². The van der Waals surface area contributed by atoms with Crippen molar-refractivity contribution in [2.75, 3.05) is 38.7 Å². The number of pyridine rings is 1. The molecule has 1 aromatic heterocycles. The number of aromatic nitrogens is 1. The van der Waals surface area contributed by atoms with Crippen LogP contribution in [0.15, 0.2) is 47.6 Å². The van der Waals surface area contributed by atoms with Gasteiger partial charge in [-0.3, -0.25) is 4.99 Å². The molecule has 1 unspecified atom stereocenters. The van der Waals surface area contributed by atoms with Crippen molar-refractivity contribution < 1.29 is 9.47 Å². The predicted octanol–water partition coefficient (Wildman–Crippen LogP) is 2.82. The second-order valence-electron chi connectivity index (χ2n) is 7.10. The fourth-order valence-corrected chi connectivity index (χ4v) is 3.31. The van der Waals surface area contributed by atoms with E-state index in [4.69, 9.17) is 9.47 Å². The van der Waals surface area contributed by atoms with Crippen molar-refractivity contribution >= 4 is 11.8 Å². The van der Waals surface area contributed by atoms with Gasteiger partial charge in [-0.2, -0.15) is 0 Å². The average molecular weight is 398 g/mol. The zero-order chi connectivity index (χ0) is 20.5. The number of benzene rings is 1. The largest absolute Gasteiger partial charge is 0.493 e. The third-order valence-corrected chi connectivity index (χ3v) is 4.88. The average Bonchev–Trinajstić information content (AvgIpc) is 3.29. The number of hydrogen-bond acceptors (Lipinski definition) is 5. The van der Waals surface area contributed by atoms with Crippen LogP contribution < -0.4 is 25.0 Å². The number of para-hydroxylation sites is 2. The molecule has 2 aromatic rings. The molecule has 2 N–H and O–H groups in total. The van der Waals surface area contributed by atoms with Gasteiger partial charge in [0, 0.05) is 32.9 Å². The fraction of sp³-hybridized carbons (Fsp3) is 0.455. The molecular formula is C22H31N5O2. The maximum Gasteiger partial charge on any atom is 0.191 e. The van der Waals surface area contributed by atoms with Gasteiger partial charge in [0.25, 0.3) is 0 Å². The van der Waals surface area contributed by atoms with E-state index in [2.05, 4.69) is 31.6 Å². The molecule has 0 bridgehead atoms. The summed E-state index contributed by atoms with van der Waals surface area (Å²) in [6, 6.07) is 11.8. The Balaban J connectivity index is 1.47. The molecule has 0 spiro atoms. The van der Waals surface area contributed by atoms with Gasteiger partial charge < -0.3 is 25.0 Å². The summed E-state index contributed by atoms with van der Waals surface area (Å²) in [6.07, 6.45) is 4.32. The molecule has 156 valence electrons. The molecule has 1 aliphatic rings. The summed E-state index contributed by atoms with van der Waals surface area (Å²) in [5, 5.41) is 6.67. The van der Waals surface area contributed by atoms with Crippen LogP contribution in [0.3, 0.4) is 0 Å². The number of aliphatic imine (C=N–C) groups is 1. The van der Waals surface area contributed by atoms with Crippen LogP contribution in [0.2, 0.25) is 0 Å². The van der Waals surface area contributed by atoms with Gasteiger partial charge in [0.05, 0.1) is 13.7 Å². The molecular weight excluding hydrogens is 366 g/mol. The number of anilines is 1. The molecule has 1 aromatic carbocycles. The molecule has 1 aliphatic heterocycles. The Kier molecular flexibility index (Phi) is 7.55. The van der Waals surface area contributed by atoms with Crippen LogP contribution in [-0.2, 0) is 6.54 Å². The van der Waals surface area contributed by atoms with Gasteiger partial charge in [0.15, 0.2) is 17.5 Å². The summed E-state index contributed by atoms with van der Waals surface area (Å²) in [7, 11) is 3.41. The minimum absolute atomic E-state index is 0.0486. The van der Waals surface area contributed by atoms with Gasteiger partial charge in [0.2, 0.25) is 0 Å². The SMILES string of the molecule is CN=C(NCc1ccnc(N2CCCC2)c1)NCC(C)Oc1ccccc1OC. The molecule has 0 radical (unpaired) electrons. The van der Waals surface area contributed by atoms with Crippen molar-refractivity contribution in [2.24, 2.45) is 4.99 Å². The van der Waals surface area contributed by atoms with E-state index < -0.39 is 0 Å². The van der Waals surface area contributed by atoms with Crippen LogP contribution >= 0.6 is 0 Å². The van der Waals surface area contributed by atoms with Gasteiger partial charge in [-0.1, -0.05) is 12.1 Å². The van der Waals surface area contributed by atoms with Gasteiger partial charge in [-0.05, 0) is 49.6 Å². The van der Waals surface area contributed by atoms with Gasteiger partial charge in [-0.15, -0.1) is 0 Å². The monoisotopic (exact) mass is 397 g/mol. The first-order valence-corrected chi connectivity index (χ1v) is 10.1. The highest BCUT2D eigenvalue weighted by Gasteiger charge is 2.14. The van der Waals surface area contributed by atoms with Crippen LogP contribution in [-0.4, -0.2) is 50.8 Å². The Morgan fingerprint density at radius 2 is 1.93 bits per heavy atom. The third-order valence-electron chi connectivity index (χ3n) is 4.88. The summed E-state index contributed by atoms with van der Waals surface area (Å²) in [6.45, 7) is 5.50. The van der Waals surface area contributed by atoms with Gasteiger partial charge in [0.1, 0.15) is 11.9 Å². The Bertz CT molecular complexity index is 805. The summed E-state index contributed by atoms with van der Waals surface area (Å²) >= 11 is 0. The van der Waals surface area contributed by atoms with Crippen LogP contribution in [0, 0.1) is 0 Å². The molecule has 3 rings (SSSR count). The van der Waals surface area contributed by atoms with Crippen molar-refractivity contribution in [3.8, 4) is 11.5 Å². The molecule has 29 heavy (non-hydrogen) atoms. The molecule has 7 heteroatoms. The van der Waals surface area contributed by atoms with E-state index >= 15 is 0 Å². The van der Waals surface area contributed by atoms with Crippen molar-refractivity contribution in [1.82, 2.24) is 15.6 Å². The standard InChI is InChI=1S/C22H31N5O2/c1-17(29-20-9-5-4-8-19(20)28-3)15-25-22(23-2)26-16-18-10-11-24-21(14-18)27-12-6-7-13-27/h4-5,8-11,14,17H,6-7,12-13,15-16H2,1-3H3,(H2,23,25,26). The van der Waals surface area contributed by atoms with Gasteiger partial charge in [-0.25, -0.2) is 4.98 Å². The lowest BCUT2D eigenvalue weighted by molar-refractivity contribution is 0.213. The number of methoxy groups -OCH3 is 1. The highest BCUT2D eigenvalue weighted by atomic mass is 16.5. The Labute approximate surface area is 173 Å². The summed E-state index contributed by atoms with van der Waals surface area (Å²) in [5.41, 5.74) is 1.18. The molecule has 1 saturated heterocycles. The number of ether oxygens (including phenoxy) is 2. The molecule has 0 amide bonds. The number of nitrogens with one attached hydrogen (secondary N) is 2. The number of nitrogens with zero attached hydrogens (tertiary/aromatic N) is 3. The molecule has 1 atom stereocenters. The minimum atomic E-state index is -0.0486. The minimum Gasteiger partial charge on any atom is -0.493 e. The smallest absolute Gasteiger partial charge is 0.191 e. The second-order valence-corrected chi connectivity index (χ2v) is 7.10. The Morgan fingerprint density at radius 3 is 2.66 bits per heavy atom. The number of rotatable bonds is 8. The van der Waals surface area contributed by atoms with E-state index in [1.165, 1.54) is 18.4 Å². The van der Waals surface area contributed by atoms with E-state index in [0.29, 0.717) is 13.1 Å². The van der Waals surface area contributed by atoms with Crippen molar-refractivity contribution in [2.45, 2.75) is 32.4 Å². The number of guanidine groups is 1. The predicted molar refractivity (Wildman–Crippen MR) is 117 cm³/mol. The normalized spacial score (nSPS) is 15.1. The molecule has 1 fully saturated rings. The maximum atomic E-state index is 5.98. The first kappa shape index (κ1) is 20.8. The van der Waals surface area contributed by atoms with Crippen molar-refractivity contribution in [1.29, 1.82) is 0 Å².